The number of rotatable bonds is 7. The van der Waals surface area contributed by atoms with Gasteiger partial charge >= 0.3 is 0 Å². The van der Waals surface area contributed by atoms with Crippen molar-refractivity contribution in [3.63, 3.8) is 0 Å². The molecule has 0 aliphatic heterocycles. The van der Waals surface area contributed by atoms with Gasteiger partial charge in [-0.05, 0) is 60.7 Å². The molecular formula is C22H19ClN2O3S. The maximum Gasteiger partial charge on any atom is 0.255 e. The lowest BCUT2D eigenvalue weighted by Crippen LogP contribution is -2.14. The number of carbonyl (C=O) groups excluding carboxylic acids is 2. The third kappa shape index (κ3) is 6.27. The topological polar surface area (TPSA) is 67.4 Å². The molecule has 0 saturated carbocycles. The van der Waals surface area contributed by atoms with Gasteiger partial charge in [0.1, 0.15) is 5.75 Å². The molecule has 0 aliphatic rings. The maximum atomic E-state index is 12.3. The van der Waals surface area contributed by atoms with Crippen molar-refractivity contribution in [1.82, 2.24) is 0 Å². The molecule has 3 rings (SSSR count). The van der Waals surface area contributed by atoms with Gasteiger partial charge in [-0.3, -0.25) is 9.59 Å². The zero-order chi connectivity index (χ0) is 20.6. The first kappa shape index (κ1) is 20.8. The number of amides is 2. The van der Waals surface area contributed by atoms with Gasteiger partial charge in [0.15, 0.2) is 0 Å². The fourth-order valence-electron chi connectivity index (χ4n) is 2.52. The summed E-state index contributed by atoms with van der Waals surface area (Å²) in [4.78, 5) is 25.4. The summed E-state index contributed by atoms with van der Waals surface area (Å²) in [5, 5.41) is 6.18. The minimum Gasteiger partial charge on any atom is -0.497 e. The Morgan fingerprint density at radius 3 is 2.41 bits per heavy atom. The lowest BCUT2D eigenvalue weighted by Gasteiger charge is -2.09. The number of thioether (sulfide) groups is 1. The summed E-state index contributed by atoms with van der Waals surface area (Å²) in [6.07, 6.45) is 0. The Balaban J connectivity index is 1.55. The fourth-order valence-corrected chi connectivity index (χ4v) is 3.46. The molecule has 2 N–H and O–H groups in total. The van der Waals surface area contributed by atoms with Crippen molar-refractivity contribution in [1.29, 1.82) is 0 Å². The Morgan fingerprint density at radius 2 is 1.69 bits per heavy atom. The summed E-state index contributed by atoms with van der Waals surface area (Å²) < 4.78 is 5.10. The molecule has 0 saturated heterocycles. The van der Waals surface area contributed by atoms with Gasteiger partial charge in [-0.15, -0.1) is 11.8 Å². The molecule has 0 heterocycles. The molecule has 7 heteroatoms. The monoisotopic (exact) mass is 426 g/mol. The number of ether oxygens (including phenoxy) is 1. The van der Waals surface area contributed by atoms with Gasteiger partial charge in [0.2, 0.25) is 5.91 Å². The van der Waals surface area contributed by atoms with E-state index in [1.807, 2.05) is 18.2 Å². The molecule has 0 bridgehead atoms. The van der Waals surface area contributed by atoms with E-state index in [9.17, 15) is 9.59 Å². The smallest absolute Gasteiger partial charge is 0.255 e. The second-order valence-corrected chi connectivity index (χ2v) is 7.54. The standard InChI is InChI=1S/C22H19ClN2O3S/c1-28-19-10-8-17(9-11-19)24-21(26)14-29-20-7-3-6-18(13-20)25-22(27)15-4-2-5-16(23)12-15/h2-13H,14H2,1H3,(H,24,26)(H,25,27). The molecule has 3 aromatic carbocycles. The number of halogens is 1. The number of methoxy groups -OCH3 is 1. The van der Waals surface area contributed by atoms with Crippen LogP contribution >= 0.6 is 23.4 Å². The summed E-state index contributed by atoms with van der Waals surface area (Å²) in [5.74, 6) is 0.618. The molecule has 29 heavy (non-hydrogen) atoms. The van der Waals surface area contributed by atoms with Crippen LogP contribution in [0, 0.1) is 0 Å². The molecule has 148 valence electrons. The van der Waals surface area contributed by atoms with E-state index >= 15 is 0 Å². The molecule has 5 nitrogen and oxygen atoms in total. The van der Waals surface area contributed by atoms with Gasteiger partial charge in [0.25, 0.3) is 5.91 Å². The summed E-state index contributed by atoms with van der Waals surface area (Å²) >= 11 is 7.32. The van der Waals surface area contributed by atoms with Crippen LogP contribution in [0.3, 0.4) is 0 Å². The van der Waals surface area contributed by atoms with Crippen LogP contribution < -0.4 is 15.4 Å². The fraction of sp³-hybridized carbons (Fsp3) is 0.0909. The first-order valence-corrected chi connectivity index (χ1v) is 10.1. The normalized spacial score (nSPS) is 10.3. The highest BCUT2D eigenvalue weighted by molar-refractivity contribution is 8.00. The average Bonchev–Trinajstić information content (AvgIpc) is 2.73. The van der Waals surface area contributed by atoms with Crippen LogP contribution in [0.5, 0.6) is 5.75 Å². The number of hydrogen-bond donors (Lipinski definition) is 2. The quantitative estimate of drug-likeness (QED) is 0.501. The van der Waals surface area contributed by atoms with Crippen molar-refractivity contribution in [3.05, 3.63) is 83.4 Å². The van der Waals surface area contributed by atoms with Crippen LogP contribution in [-0.2, 0) is 4.79 Å². The van der Waals surface area contributed by atoms with Crippen molar-refractivity contribution in [2.45, 2.75) is 4.90 Å². The zero-order valence-corrected chi connectivity index (χ0v) is 17.2. The molecule has 0 spiro atoms. The van der Waals surface area contributed by atoms with Gasteiger partial charge in [0.05, 0.1) is 12.9 Å². The molecule has 0 unspecified atom stereocenters. The number of carbonyl (C=O) groups is 2. The SMILES string of the molecule is COc1ccc(NC(=O)CSc2cccc(NC(=O)c3cccc(Cl)c3)c2)cc1. The van der Waals surface area contributed by atoms with Crippen molar-refractivity contribution >= 4 is 46.6 Å². The molecule has 2 amide bonds. The van der Waals surface area contributed by atoms with Gasteiger partial charge in [-0.1, -0.05) is 23.7 Å². The Morgan fingerprint density at radius 1 is 0.931 bits per heavy atom. The van der Waals surface area contributed by atoms with Crippen molar-refractivity contribution in [3.8, 4) is 5.75 Å². The summed E-state index contributed by atoms with van der Waals surface area (Å²) in [6, 6.07) is 21.2. The highest BCUT2D eigenvalue weighted by Crippen LogP contribution is 2.23. The average molecular weight is 427 g/mol. The molecule has 0 aromatic heterocycles. The molecule has 3 aromatic rings. The van der Waals surface area contributed by atoms with Gasteiger partial charge in [-0.25, -0.2) is 0 Å². The second kappa shape index (κ2) is 10.0. The van der Waals surface area contributed by atoms with E-state index in [-0.39, 0.29) is 17.6 Å². The van der Waals surface area contributed by atoms with Crippen LogP contribution in [0.4, 0.5) is 11.4 Å². The van der Waals surface area contributed by atoms with E-state index in [0.29, 0.717) is 22.0 Å². The van der Waals surface area contributed by atoms with E-state index in [1.165, 1.54) is 11.8 Å². The number of anilines is 2. The Labute approximate surface area is 178 Å². The van der Waals surface area contributed by atoms with E-state index in [2.05, 4.69) is 10.6 Å². The third-order valence-electron chi connectivity index (χ3n) is 3.92. The highest BCUT2D eigenvalue weighted by Gasteiger charge is 2.08. The molecule has 0 radical (unpaired) electrons. The summed E-state index contributed by atoms with van der Waals surface area (Å²) in [7, 11) is 1.59. The molecule has 0 fully saturated rings. The first-order valence-electron chi connectivity index (χ1n) is 8.77. The van der Waals surface area contributed by atoms with Crippen molar-refractivity contribution in [2.75, 3.05) is 23.5 Å². The van der Waals surface area contributed by atoms with Crippen LogP contribution in [0.15, 0.2) is 77.7 Å². The molecular weight excluding hydrogens is 408 g/mol. The van der Waals surface area contributed by atoms with Crippen molar-refractivity contribution in [2.24, 2.45) is 0 Å². The molecule has 0 aliphatic carbocycles. The van der Waals surface area contributed by atoms with E-state index < -0.39 is 0 Å². The number of benzene rings is 3. The van der Waals surface area contributed by atoms with E-state index in [0.717, 1.165) is 10.6 Å². The lowest BCUT2D eigenvalue weighted by molar-refractivity contribution is -0.113. The Hall–Kier alpha value is -2.96. The van der Waals surface area contributed by atoms with E-state index in [1.54, 1.807) is 61.7 Å². The molecule has 0 atom stereocenters. The summed E-state index contributed by atoms with van der Waals surface area (Å²) in [5.41, 5.74) is 1.84. The number of nitrogens with one attached hydrogen (secondary N) is 2. The summed E-state index contributed by atoms with van der Waals surface area (Å²) in [6.45, 7) is 0. The largest absolute Gasteiger partial charge is 0.497 e. The predicted octanol–water partition coefficient (Wildman–Crippen LogP) is 5.33. The zero-order valence-electron chi connectivity index (χ0n) is 15.6. The minimum absolute atomic E-state index is 0.117. The highest BCUT2D eigenvalue weighted by atomic mass is 35.5. The number of hydrogen-bond acceptors (Lipinski definition) is 4. The second-order valence-electron chi connectivity index (χ2n) is 6.06. The van der Waals surface area contributed by atoms with Crippen molar-refractivity contribution < 1.29 is 14.3 Å². The van der Waals surface area contributed by atoms with Crippen LogP contribution in [-0.4, -0.2) is 24.7 Å². The first-order chi connectivity index (χ1) is 14.0. The van der Waals surface area contributed by atoms with Crippen LogP contribution in [0.1, 0.15) is 10.4 Å². The van der Waals surface area contributed by atoms with Gasteiger partial charge in [0, 0.05) is 26.9 Å². The van der Waals surface area contributed by atoms with Gasteiger partial charge in [-0.2, -0.15) is 0 Å². The van der Waals surface area contributed by atoms with Gasteiger partial charge < -0.3 is 15.4 Å². The third-order valence-corrected chi connectivity index (χ3v) is 5.15. The lowest BCUT2D eigenvalue weighted by atomic mass is 10.2. The van der Waals surface area contributed by atoms with E-state index in [4.69, 9.17) is 16.3 Å². The predicted molar refractivity (Wildman–Crippen MR) is 118 cm³/mol. The minimum atomic E-state index is -0.244. The Bertz CT molecular complexity index is 1010. The maximum absolute atomic E-state index is 12.3. The van der Waals surface area contributed by atoms with Crippen LogP contribution in [0.25, 0.3) is 0 Å². The van der Waals surface area contributed by atoms with Crippen LogP contribution in [0.2, 0.25) is 5.02 Å². The Kier molecular flexibility index (Phi) is 7.16.